The molecule has 116 valence electrons. The molecule has 0 aliphatic heterocycles. The molecule has 0 aliphatic rings. The number of nitrogens with one attached hydrogen (secondary N) is 3. The third-order valence-corrected chi connectivity index (χ3v) is 3.57. The summed E-state index contributed by atoms with van der Waals surface area (Å²) in [6.07, 6.45) is 1.77. The van der Waals surface area contributed by atoms with Gasteiger partial charge in [0.25, 0.3) is 5.91 Å². The van der Waals surface area contributed by atoms with Gasteiger partial charge in [0.1, 0.15) is 0 Å². The molecule has 0 unspecified atom stereocenters. The molecular weight excluding hydrogens is 316 g/mol. The summed E-state index contributed by atoms with van der Waals surface area (Å²) in [5.41, 5.74) is 6.63. The van der Waals surface area contributed by atoms with E-state index in [1.807, 2.05) is 6.07 Å². The van der Waals surface area contributed by atoms with Gasteiger partial charge in [0, 0.05) is 10.4 Å². The fraction of sp³-hybridized carbons (Fsp3) is 0.0625. The third-order valence-electron chi connectivity index (χ3n) is 3.31. The average molecular weight is 329 g/mol. The summed E-state index contributed by atoms with van der Waals surface area (Å²) in [7, 11) is 0. The number of H-pyrrole nitrogens is 1. The van der Waals surface area contributed by atoms with E-state index in [0.29, 0.717) is 16.1 Å². The van der Waals surface area contributed by atoms with Crippen molar-refractivity contribution in [3.05, 3.63) is 64.8 Å². The van der Waals surface area contributed by atoms with E-state index in [4.69, 9.17) is 11.6 Å². The number of carbonyl (C=O) groups excluding carboxylic acids is 2. The van der Waals surface area contributed by atoms with Gasteiger partial charge in [0.2, 0.25) is 5.91 Å². The Balaban J connectivity index is 1.61. The van der Waals surface area contributed by atoms with Crippen molar-refractivity contribution < 1.29 is 9.59 Å². The van der Waals surface area contributed by atoms with E-state index in [-0.39, 0.29) is 12.3 Å². The summed E-state index contributed by atoms with van der Waals surface area (Å²) in [6.45, 7) is 0. The lowest BCUT2D eigenvalue weighted by Gasteiger charge is -2.08. The van der Waals surface area contributed by atoms with Crippen LogP contribution in [0.5, 0.6) is 0 Å². The van der Waals surface area contributed by atoms with Crippen LogP contribution in [0.3, 0.4) is 0 Å². The minimum absolute atomic E-state index is 0.145. The quantitative estimate of drug-likeness (QED) is 0.644. The second kappa shape index (κ2) is 6.50. The van der Waals surface area contributed by atoms with E-state index in [9.17, 15) is 9.59 Å². The van der Waals surface area contributed by atoms with E-state index >= 15 is 0 Å². The molecule has 0 saturated carbocycles. The maximum absolute atomic E-state index is 12.2. The average Bonchev–Trinajstić information content (AvgIpc) is 3.03. The van der Waals surface area contributed by atoms with Crippen molar-refractivity contribution in [2.24, 2.45) is 0 Å². The molecule has 0 bridgehead atoms. The molecule has 0 radical (unpaired) electrons. The van der Waals surface area contributed by atoms with Gasteiger partial charge in [0.05, 0.1) is 23.7 Å². The molecule has 0 atom stereocenters. The topological polar surface area (TPSA) is 86.9 Å². The number of rotatable bonds is 3. The zero-order valence-corrected chi connectivity index (χ0v) is 12.7. The highest BCUT2D eigenvalue weighted by atomic mass is 35.5. The fourth-order valence-electron chi connectivity index (χ4n) is 2.18. The Hall–Kier alpha value is -2.86. The van der Waals surface area contributed by atoms with Crippen molar-refractivity contribution >= 4 is 34.3 Å². The number of halogens is 1. The molecule has 0 saturated heterocycles. The molecule has 3 aromatic rings. The van der Waals surface area contributed by atoms with E-state index < -0.39 is 5.91 Å². The first-order valence-corrected chi connectivity index (χ1v) is 7.27. The fourth-order valence-corrected chi connectivity index (χ4v) is 2.31. The van der Waals surface area contributed by atoms with Crippen LogP contribution in [-0.4, -0.2) is 22.0 Å². The molecule has 0 spiro atoms. The van der Waals surface area contributed by atoms with Gasteiger partial charge in [-0.05, 0) is 23.8 Å². The van der Waals surface area contributed by atoms with Crippen molar-refractivity contribution in [3.63, 3.8) is 0 Å². The first-order valence-electron chi connectivity index (χ1n) is 6.89. The number of amides is 2. The Morgan fingerprint density at radius 3 is 2.65 bits per heavy atom. The molecule has 7 heteroatoms. The first kappa shape index (κ1) is 15.1. The number of benzene rings is 2. The molecule has 3 N–H and O–H groups in total. The molecule has 23 heavy (non-hydrogen) atoms. The van der Waals surface area contributed by atoms with E-state index in [1.54, 1.807) is 42.6 Å². The number of hydrogen-bond acceptors (Lipinski definition) is 3. The van der Waals surface area contributed by atoms with Gasteiger partial charge in [-0.1, -0.05) is 35.9 Å². The number of nitrogens with zero attached hydrogens (tertiary/aromatic N) is 1. The Morgan fingerprint density at radius 2 is 1.87 bits per heavy atom. The van der Waals surface area contributed by atoms with Crippen molar-refractivity contribution in [2.45, 2.75) is 6.42 Å². The largest absolute Gasteiger partial charge is 0.277 e. The number of aromatic nitrogens is 2. The maximum atomic E-state index is 12.2. The summed E-state index contributed by atoms with van der Waals surface area (Å²) in [5, 5.41) is 8.10. The van der Waals surface area contributed by atoms with E-state index in [0.717, 1.165) is 10.9 Å². The summed E-state index contributed by atoms with van der Waals surface area (Å²) < 4.78 is 0. The van der Waals surface area contributed by atoms with Crippen LogP contribution >= 0.6 is 11.6 Å². The highest BCUT2D eigenvalue weighted by Gasteiger charge is 2.12. The third kappa shape index (κ3) is 3.49. The number of carbonyl (C=O) groups is 2. The Labute approximate surface area is 136 Å². The van der Waals surface area contributed by atoms with Crippen LogP contribution in [-0.2, 0) is 11.2 Å². The van der Waals surface area contributed by atoms with Crippen molar-refractivity contribution in [1.29, 1.82) is 0 Å². The van der Waals surface area contributed by atoms with Gasteiger partial charge >= 0.3 is 0 Å². The number of hydrogen-bond donors (Lipinski definition) is 3. The number of hydrazine groups is 1. The summed E-state index contributed by atoms with van der Waals surface area (Å²) in [4.78, 5) is 24.0. The van der Waals surface area contributed by atoms with Gasteiger partial charge in [0.15, 0.2) is 0 Å². The predicted octanol–water partition coefficient (Wildman–Crippen LogP) is 2.22. The van der Waals surface area contributed by atoms with E-state index in [2.05, 4.69) is 21.0 Å². The Kier molecular flexibility index (Phi) is 4.25. The smallest absolute Gasteiger partial charge is 0.271 e. The Bertz CT molecular complexity index is 858. The highest BCUT2D eigenvalue weighted by molar-refractivity contribution is 6.30. The van der Waals surface area contributed by atoms with Crippen LogP contribution < -0.4 is 10.9 Å². The SMILES string of the molecule is O=C(Cc1ccc(Cl)cc1)NNC(=O)c1cccc2cn[nH]c12. The zero-order valence-electron chi connectivity index (χ0n) is 12.0. The normalized spacial score (nSPS) is 10.5. The molecular formula is C16H13ClN4O2. The number of para-hydroxylation sites is 1. The van der Waals surface area contributed by atoms with Gasteiger partial charge in [-0.3, -0.25) is 25.5 Å². The minimum Gasteiger partial charge on any atom is -0.277 e. The number of fused-ring (bicyclic) bond motifs is 1. The van der Waals surface area contributed by atoms with Gasteiger partial charge in [-0.2, -0.15) is 5.10 Å². The Morgan fingerprint density at radius 1 is 1.09 bits per heavy atom. The van der Waals surface area contributed by atoms with Gasteiger partial charge < -0.3 is 0 Å². The molecule has 1 heterocycles. The molecule has 2 aromatic carbocycles. The standard InChI is InChI=1S/C16H13ClN4O2/c17-12-6-4-10(5-7-12)8-14(22)19-21-16(23)13-3-1-2-11-9-18-20-15(11)13/h1-7,9H,8H2,(H,18,20)(H,19,22)(H,21,23). The van der Waals surface area contributed by atoms with Crippen LogP contribution in [0.4, 0.5) is 0 Å². The summed E-state index contributed by atoms with van der Waals surface area (Å²) in [5.74, 6) is -0.734. The van der Waals surface area contributed by atoms with Crippen LogP contribution in [0, 0.1) is 0 Å². The van der Waals surface area contributed by atoms with Crippen molar-refractivity contribution in [3.8, 4) is 0 Å². The zero-order chi connectivity index (χ0) is 16.2. The lowest BCUT2D eigenvalue weighted by molar-refractivity contribution is -0.121. The summed E-state index contributed by atoms with van der Waals surface area (Å²) in [6, 6.07) is 12.2. The predicted molar refractivity (Wildman–Crippen MR) is 86.9 cm³/mol. The lowest BCUT2D eigenvalue weighted by Crippen LogP contribution is -2.42. The van der Waals surface area contributed by atoms with Crippen LogP contribution in [0.1, 0.15) is 15.9 Å². The van der Waals surface area contributed by atoms with Crippen molar-refractivity contribution in [1.82, 2.24) is 21.0 Å². The molecule has 3 rings (SSSR count). The number of aromatic amines is 1. The van der Waals surface area contributed by atoms with Crippen LogP contribution in [0.15, 0.2) is 48.7 Å². The molecule has 6 nitrogen and oxygen atoms in total. The van der Waals surface area contributed by atoms with Crippen molar-refractivity contribution in [2.75, 3.05) is 0 Å². The maximum Gasteiger partial charge on any atom is 0.271 e. The van der Waals surface area contributed by atoms with Gasteiger partial charge in [-0.25, -0.2) is 0 Å². The molecule has 1 aromatic heterocycles. The monoisotopic (exact) mass is 328 g/mol. The lowest BCUT2D eigenvalue weighted by atomic mass is 10.1. The van der Waals surface area contributed by atoms with E-state index in [1.165, 1.54) is 0 Å². The second-order valence-corrected chi connectivity index (χ2v) is 5.38. The van der Waals surface area contributed by atoms with Crippen LogP contribution in [0.2, 0.25) is 5.02 Å². The highest BCUT2D eigenvalue weighted by Crippen LogP contribution is 2.15. The first-order chi connectivity index (χ1) is 11.1. The molecule has 0 aliphatic carbocycles. The molecule has 0 fully saturated rings. The van der Waals surface area contributed by atoms with Gasteiger partial charge in [-0.15, -0.1) is 0 Å². The molecule has 2 amide bonds. The summed E-state index contributed by atoms with van der Waals surface area (Å²) >= 11 is 5.79. The van der Waals surface area contributed by atoms with Crippen LogP contribution in [0.25, 0.3) is 10.9 Å². The minimum atomic E-state index is -0.413. The second-order valence-electron chi connectivity index (χ2n) is 4.95.